The van der Waals surface area contributed by atoms with Crippen molar-refractivity contribution in [1.29, 1.82) is 0 Å². The molecule has 18 heavy (non-hydrogen) atoms. The van der Waals surface area contributed by atoms with Crippen molar-refractivity contribution in [1.82, 2.24) is 0 Å². The lowest BCUT2D eigenvalue weighted by atomic mass is 10.1. The molecule has 6 heteroatoms. The normalized spacial score (nSPS) is 10.9. The summed E-state index contributed by atoms with van der Waals surface area (Å²) in [5.41, 5.74) is 5.79. The molecule has 0 saturated carbocycles. The molecule has 1 unspecified atom stereocenters. The first-order chi connectivity index (χ1) is 8.60. The fraction of sp³-hybridized carbons (Fsp3) is 0.250. The van der Waals surface area contributed by atoms with Crippen molar-refractivity contribution in [3.8, 4) is 0 Å². The highest BCUT2D eigenvalue weighted by atomic mass is 16.5. The molecule has 1 rings (SSSR count). The summed E-state index contributed by atoms with van der Waals surface area (Å²) in [7, 11) is 2.85. The largest absolute Gasteiger partial charge is 0.479 e. The standard InChI is InChI=1S/C11H14N2O3.CH5N/c1-3-13(12)9-6-4-8(5-7-9)10(16-2)11(14)15;1-2/h3-7,10H,1,12H2,2H3,(H,14,15);2H2,1H3. The van der Waals surface area contributed by atoms with Crippen molar-refractivity contribution < 1.29 is 14.6 Å². The molecule has 1 aromatic rings. The van der Waals surface area contributed by atoms with E-state index in [0.29, 0.717) is 5.56 Å². The van der Waals surface area contributed by atoms with Crippen LogP contribution in [0.2, 0.25) is 0 Å². The maximum absolute atomic E-state index is 10.8. The second kappa shape index (κ2) is 8.24. The minimum Gasteiger partial charge on any atom is -0.479 e. The number of benzene rings is 1. The van der Waals surface area contributed by atoms with Gasteiger partial charge in [0.05, 0.1) is 5.69 Å². The minimum atomic E-state index is -1.02. The van der Waals surface area contributed by atoms with E-state index in [1.54, 1.807) is 24.3 Å². The van der Waals surface area contributed by atoms with E-state index in [1.807, 2.05) is 0 Å². The van der Waals surface area contributed by atoms with Gasteiger partial charge in [-0.15, -0.1) is 0 Å². The van der Waals surface area contributed by atoms with Gasteiger partial charge in [-0.1, -0.05) is 18.7 Å². The van der Waals surface area contributed by atoms with Gasteiger partial charge >= 0.3 is 5.97 Å². The summed E-state index contributed by atoms with van der Waals surface area (Å²) in [4.78, 5) is 10.8. The van der Waals surface area contributed by atoms with Crippen molar-refractivity contribution in [2.75, 3.05) is 19.2 Å². The summed E-state index contributed by atoms with van der Waals surface area (Å²) in [6, 6.07) is 6.71. The van der Waals surface area contributed by atoms with Crippen molar-refractivity contribution in [3.05, 3.63) is 42.6 Å². The molecule has 0 fully saturated rings. The molecule has 0 radical (unpaired) electrons. The highest BCUT2D eigenvalue weighted by molar-refractivity contribution is 5.74. The molecule has 0 amide bonds. The lowest BCUT2D eigenvalue weighted by molar-refractivity contribution is -0.148. The van der Waals surface area contributed by atoms with Gasteiger partial charge in [-0.3, -0.25) is 5.01 Å². The van der Waals surface area contributed by atoms with Crippen LogP contribution in [0.1, 0.15) is 11.7 Å². The Morgan fingerprint density at radius 1 is 1.44 bits per heavy atom. The molecule has 0 heterocycles. The number of carbonyl (C=O) groups is 1. The van der Waals surface area contributed by atoms with Crippen LogP contribution in [0.4, 0.5) is 5.69 Å². The van der Waals surface area contributed by atoms with Crippen molar-refractivity contribution >= 4 is 11.7 Å². The molecule has 0 saturated heterocycles. The monoisotopic (exact) mass is 253 g/mol. The zero-order chi connectivity index (χ0) is 14.1. The lowest BCUT2D eigenvalue weighted by Crippen LogP contribution is -2.23. The van der Waals surface area contributed by atoms with Gasteiger partial charge in [-0.05, 0) is 24.7 Å². The molecule has 1 atom stereocenters. The van der Waals surface area contributed by atoms with Gasteiger partial charge < -0.3 is 15.6 Å². The fourth-order valence-corrected chi connectivity index (χ4v) is 1.31. The maximum atomic E-state index is 10.8. The first kappa shape index (κ1) is 16.1. The molecular weight excluding hydrogens is 234 g/mol. The average molecular weight is 253 g/mol. The van der Waals surface area contributed by atoms with E-state index in [-0.39, 0.29) is 0 Å². The minimum absolute atomic E-state index is 0.566. The van der Waals surface area contributed by atoms with Crippen LogP contribution in [0, 0.1) is 0 Å². The molecular formula is C12H19N3O3. The second-order valence-electron chi connectivity index (χ2n) is 3.14. The number of nitrogens with zero attached hydrogens (tertiary/aromatic N) is 1. The van der Waals surface area contributed by atoms with Gasteiger partial charge in [0.2, 0.25) is 0 Å². The zero-order valence-corrected chi connectivity index (χ0v) is 10.5. The van der Waals surface area contributed by atoms with Gasteiger partial charge in [0.1, 0.15) is 0 Å². The third kappa shape index (κ3) is 4.17. The van der Waals surface area contributed by atoms with Gasteiger partial charge in [-0.25, -0.2) is 10.6 Å². The van der Waals surface area contributed by atoms with Crippen LogP contribution < -0.4 is 16.6 Å². The maximum Gasteiger partial charge on any atom is 0.337 e. The fourth-order valence-electron chi connectivity index (χ4n) is 1.31. The Hall–Kier alpha value is -1.89. The van der Waals surface area contributed by atoms with E-state index in [1.165, 1.54) is 25.4 Å². The third-order valence-electron chi connectivity index (χ3n) is 2.15. The topological polar surface area (TPSA) is 102 Å². The predicted molar refractivity (Wildman–Crippen MR) is 70.8 cm³/mol. The molecule has 100 valence electrons. The number of methoxy groups -OCH3 is 1. The van der Waals surface area contributed by atoms with Crippen LogP contribution in [0.5, 0.6) is 0 Å². The number of rotatable bonds is 5. The van der Waals surface area contributed by atoms with Gasteiger partial charge in [0, 0.05) is 13.3 Å². The van der Waals surface area contributed by atoms with Crippen molar-refractivity contribution in [2.24, 2.45) is 11.6 Å². The molecule has 0 aliphatic rings. The molecule has 1 aromatic carbocycles. The van der Waals surface area contributed by atoms with E-state index >= 15 is 0 Å². The molecule has 0 aliphatic carbocycles. The number of carboxylic acids is 1. The molecule has 0 bridgehead atoms. The van der Waals surface area contributed by atoms with E-state index in [2.05, 4.69) is 12.3 Å². The Balaban J connectivity index is 0.00000137. The van der Waals surface area contributed by atoms with E-state index < -0.39 is 12.1 Å². The van der Waals surface area contributed by atoms with Crippen LogP contribution in [-0.2, 0) is 9.53 Å². The number of ether oxygens (including phenoxy) is 1. The van der Waals surface area contributed by atoms with Crippen molar-refractivity contribution in [2.45, 2.75) is 6.10 Å². The van der Waals surface area contributed by atoms with Crippen LogP contribution >= 0.6 is 0 Å². The summed E-state index contributed by atoms with van der Waals surface area (Å²) in [6.07, 6.45) is 0.504. The lowest BCUT2D eigenvalue weighted by Gasteiger charge is -2.15. The number of anilines is 1. The number of carboxylic acid groups (broad SMARTS) is 1. The van der Waals surface area contributed by atoms with Crippen LogP contribution in [0.15, 0.2) is 37.0 Å². The molecule has 0 aliphatic heterocycles. The highest BCUT2D eigenvalue weighted by Gasteiger charge is 2.18. The zero-order valence-electron chi connectivity index (χ0n) is 10.5. The number of nitrogens with two attached hydrogens (primary N) is 2. The predicted octanol–water partition coefficient (Wildman–Crippen LogP) is 0.857. The van der Waals surface area contributed by atoms with Gasteiger partial charge in [-0.2, -0.15) is 0 Å². The molecule has 0 aromatic heterocycles. The van der Waals surface area contributed by atoms with Gasteiger partial charge in [0.15, 0.2) is 6.10 Å². The Morgan fingerprint density at radius 2 is 1.94 bits per heavy atom. The van der Waals surface area contributed by atoms with Crippen LogP contribution in [-0.4, -0.2) is 25.2 Å². The van der Waals surface area contributed by atoms with Crippen LogP contribution in [0.3, 0.4) is 0 Å². The summed E-state index contributed by atoms with van der Waals surface area (Å²) in [5, 5.41) is 10.2. The van der Waals surface area contributed by atoms with E-state index in [4.69, 9.17) is 15.7 Å². The Morgan fingerprint density at radius 3 is 2.28 bits per heavy atom. The smallest absolute Gasteiger partial charge is 0.337 e. The first-order valence-electron chi connectivity index (χ1n) is 5.20. The van der Waals surface area contributed by atoms with Crippen LogP contribution in [0.25, 0.3) is 0 Å². The van der Waals surface area contributed by atoms with Crippen molar-refractivity contribution in [3.63, 3.8) is 0 Å². The molecule has 5 N–H and O–H groups in total. The number of aliphatic carboxylic acids is 1. The van der Waals surface area contributed by atoms with Gasteiger partial charge in [0.25, 0.3) is 0 Å². The average Bonchev–Trinajstić information content (AvgIpc) is 2.41. The summed E-state index contributed by atoms with van der Waals surface area (Å²) >= 11 is 0. The summed E-state index contributed by atoms with van der Waals surface area (Å²) in [6.45, 7) is 3.52. The number of hydrogen-bond donors (Lipinski definition) is 3. The summed E-state index contributed by atoms with van der Waals surface area (Å²) in [5.74, 6) is 4.56. The third-order valence-corrected chi connectivity index (χ3v) is 2.15. The quantitative estimate of drug-likeness (QED) is 0.531. The Kier molecular flexibility index (Phi) is 7.37. The van der Waals surface area contributed by atoms with E-state index in [9.17, 15) is 4.79 Å². The second-order valence-corrected chi connectivity index (χ2v) is 3.14. The Labute approximate surface area is 106 Å². The first-order valence-corrected chi connectivity index (χ1v) is 5.20. The summed E-state index contributed by atoms with van der Waals surface area (Å²) < 4.78 is 4.86. The Bertz CT molecular complexity index is 379. The number of hydrazine groups is 1. The molecule has 6 nitrogen and oxygen atoms in total. The molecule has 0 spiro atoms. The highest BCUT2D eigenvalue weighted by Crippen LogP contribution is 2.20. The SMILES string of the molecule is C=CN(N)c1ccc(C(OC)C(=O)O)cc1.CN. The number of hydrogen-bond acceptors (Lipinski definition) is 5. The van der Waals surface area contributed by atoms with E-state index in [0.717, 1.165) is 5.69 Å².